The van der Waals surface area contributed by atoms with Gasteiger partial charge in [0.15, 0.2) is 0 Å². The third kappa shape index (κ3) is 4.45. The van der Waals surface area contributed by atoms with Crippen LogP contribution >= 0.6 is 0 Å². The van der Waals surface area contributed by atoms with E-state index in [1.54, 1.807) is 6.20 Å². The van der Waals surface area contributed by atoms with Crippen LogP contribution in [0.1, 0.15) is 41.4 Å². The molecule has 2 aromatic carbocycles. The maximum atomic E-state index is 12.2. The molecule has 0 spiro atoms. The van der Waals surface area contributed by atoms with Gasteiger partial charge in [0.25, 0.3) is 5.91 Å². The van der Waals surface area contributed by atoms with E-state index in [-0.39, 0.29) is 11.6 Å². The highest BCUT2D eigenvalue weighted by atomic mass is 16.1. The van der Waals surface area contributed by atoms with Crippen LogP contribution in [0.2, 0.25) is 0 Å². The lowest BCUT2D eigenvalue weighted by Gasteiger charge is -2.09. The van der Waals surface area contributed by atoms with Crippen molar-refractivity contribution in [3.63, 3.8) is 0 Å². The van der Waals surface area contributed by atoms with Crippen molar-refractivity contribution in [2.45, 2.75) is 26.7 Å². The molecular weight excluding hydrogens is 324 g/mol. The average molecular weight is 346 g/mol. The van der Waals surface area contributed by atoms with Crippen LogP contribution < -0.4 is 10.6 Å². The fourth-order valence-corrected chi connectivity index (χ4v) is 2.44. The van der Waals surface area contributed by atoms with E-state index in [2.05, 4.69) is 46.6 Å². The number of benzene rings is 2. The Kier molecular flexibility index (Phi) is 5.27. The molecule has 132 valence electrons. The van der Waals surface area contributed by atoms with Crippen LogP contribution in [0.4, 0.5) is 17.2 Å². The Labute approximate surface area is 153 Å². The lowest BCUT2D eigenvalue weighted by Crippen LogP contribution is -2.14. The Balaban J connectivity index is 1.64. The molecule has 1 amide bonds. The van der Waals surface area contributed by atoms with Gasteiger partial charge < -0.3 is 10.6 Å². The highest BCUT2D eigenvalue weighted by molar-refractivity contribution is 6.02. The number of carbonyl (C=O) groups is 1. The summed E-state index contributed by atoms with van der Waals surface area (Å²) in [6.45, 7) is 6.32. The molecule has 0 aliphatic rings. The van der Waals surface area contributed by atoms with E-state index in [0.717, 1.165) is 16.9 Å². The topological polar surface area (TPSA) is 66.9 Å². The molecule has 0 bridgehead atoms. The summed E-state index contributed by atoms with van der Waals surface area (Å²) in [5.41, 5.74) is 4.35. The molecule has 0 saturated carbocycles. The van der Waals surface area contributed by atoms with Gasteiger partial charge in [0, 0.05) is 11.4 Å². The molecule has 0 fully saturated rings. The lowest BCUT2D eigenvalue weighted by atomic mass is 10.0. The Morgan fingerprint density at radius 3 is 2.12 bits per heavy atom. The number of rotatable bonds is 5. The molecule has 5 nitrogen and oxygen atoms in total. The van der Waals surface area contributed by atoms with Gasteiger partial charge in [-0.3, -0.25) is 4.79 Å². The van der Waals surface area contributed by atoms with Gasteiger partial charge in [-0.2, -0.15) is 0 Å². The van der Waals surface area contributed by atoms with Gasteiger partial charge in [-0.05, 0) is 42.7 Å². The van der Waals surface area contributed by atoms with Crippen molar-refractivity contribution in [2.75, 3.05) is 10.6 Å². The van der Waals surface area contributed by atoms with Gasteiger partial charge in [0.05, 0.1) is 12.4 Å². The first kappa shape index (κ1) is 17.6. The largest absolute Gasteiger partial charge is 0.339 e. The van der Waals surface area contributed by atoms with Gasteiger partial charge in [0.1, 0.15) is 11.5 Å². The Morgan fingerprint density at radius 2 is 1.54 bits per heavy atom. The number of aryl methyl sites for hydroxylation is 1. The lowest BCUT2D eigenvalue weighted by molar-refractivity contribution is 0.102. The Morgan fingerprint density at radius 1 is 0.885 bits per heavy atom. The van der Waals surface area contributed by atoms with E-state index in [0.29, 0.717) is 11.7 Å². The molecule has 1 aromatic heterocycles. The third-order valence-corrected chi connectivity index (χ3v) is 4.04. The van der Waals surface area contributed by atoms with Crippen LogP contribution in [0.5, 0.6) is 0 Å². The van der Waals surface area contributed by atoms with E-state index >= 15 is 0 Å². The van der Waals surface area contributed by atoms with Crippen molar-refractivity contribution in [2.24, 2.45) is 0 Å². The maximum absolute atomic E-state index is 12.2. The molecule has 1 heterocycles. The minimum Gasteiger partial charge on any atom is -0.339 e. The van der Waals surface area contributed by atoms with Crippen molar-refractivity contribution in [3.05, 3.63) is 77.7 Å². The molecule has 3 aromatic rings. The van der Waals surface area contributed by atoms with Gasteiger partial charge in [-0.15, -0.1) is 0 Å². The van der Waals surface area contributed by atoms with Crippen LogP contribution in [-0.2, 0) is 0 Å². The molecule has 0 unspecified atom stereocenters. The van der Waals surface area contributed by atoms with E-state index < -0.39 is 0 Å². The number of carbonyl (C=O) groups excluding carboxylic acids is 1. The number of amides is 1. The van der Waals surface area contributed by atoms with Crippen molar-refractivity contribution in [1.29, 1.82) is 0 Å². The second kappa shape index (κ2) is 7.78. The summed E-state index contributed by atoms with van der Waals surface area (Å²) in [6, 6.07) is 15.8. The zero-order chi connectivity index (χ0) is 18.5. The summed E-state index contributed by atoms with van der Waals surface area (Å²) in [6.07, 6.45) is 3.02. The SMILES string of the molecule is Cc1ccc(NC(=O)c2cnc(Nc3ccc(C(C)C)cc3)cn2)cc1. The molecule has 5 heteroatoms. The monoisotopic (exact) mass is 346 g/mol. The van der Waals surface area contributed by atoms with Crippen LogP contribution in [-0.4, -0.2) is 15.9 Å². The summed E-state index contributed by atoms with van der Waals surface area (Å²) < 4.78 is 0. The van der Waals surface area contributed by atoms with Crippen molar-refractivity contribution >= 4 is 23.1 Å². The van der Waals surface area contributed by atoms with Crippen LogP contribution in [0.3, 0.4) is 0 Å². The van der Waals surface area contributed by atoms with Crippen LogP contribution in [0, 0.1) is 6.92 Å². The zero-order valence-corrected chi connectivity index (χ0v) is 15.2. The first-order valence-corrected chi connectivity index (χ1v) is 8.58. The van der Waals surface area contributed by atoms with Gasteiger partial charge in [-0.25, -0.2) is 9.97 Å². The number of nitrogens with zero attached hydrogens (tertiary/aromatic N) is 2. The molecule has 0 atom stereocenters. The van der Waals surface area contributed by atoms with Crippen molar-refractivity contribution in [1.82, 2.24) is 9.97 Å². The van der Waals surface area contributed by atoms with Crippen molar-refractivity contribution in [3.8, 4) is 0 Å². The minimum absolute atomic E-state index is 0.270. The number of hydrogen-bond acceptors (Lipinski definition) is 4. The van der Waals surface area contributed by atoms with Crippen LogP contribution in [0.25, 0.3) is 0 Å². The van der Waals surface area contributed by atoms with Gasteiger partial charge >= 0.3 is 0 Å². The predicted molar refractivity (Wildman–Crippen MR) is 105 cm³/mol. The molecule has 0 aliphatic carbocycles. The van der Waals surface area contributed by atoms with E-state index in [9.17, 15) is 4.79 Å². The molecule has 0 radical (unpaired) electrons. The summed E-state index contributed by atoms with van der Waals surface area (Å²) in [7, 11) is 0. The van der Waals surface area contributed by atoms with Crippen LogP contribution in [0.15, 0.2) is 60.9 Å². The van der Waals surface area contributed by atoms with E-state index in [1.165, 1.54) is 11.8 Å². The van der Waals surface area contributed by atoms with E-state index in [4.69, 9.17) is 0 Å². The first-order valence-electron chi connectivity index (χ1n) is 8.58. The normalized spacial score (nSPS) is 10.6. The molecule has 3 rings (SSSR count). The molecule has 0 saturated heterocycles. The fraction of sp³-hybridized carbons (Fsp3) is 0.190. The van der Waals surface area contributed by atoms with Gasteiger partial charge in [0.2, 0.25) is 0 Å². The second-order valence-electron chi connectivity index (χ2n) is 6.51. The highest BCUT2D eigenvalue weighted by Gasteiger charge is 2.09. The standard InChI is InChI=1S/C21H22N4O/c1-14(2)16-6-10-17(11-7-16)24-20-13-22-19(12-23-20)21(26)25-18-8-4-15(3)5-9-18/h4-14H,1-3H3,(H,23,24)(H,25,26). The highest BCUT2D eigenvalue weighted by Crippen LogP contribution is 2.19. The maximum Gasteiger partial charge on any atom is 0.275 e. The third-order valence-electron chi connectivity index (χ3n) is 4.04. The van der Waals surface area contributed by atoms with E-state index in [1.807, 2.05) is 43.3 Å². The summed E-state index contributed by atoms with van der Waals surface area (Å²) in [5, 5.41) is 6.00. The smallest absolute Gasteiger partial charge is 0.275 e. The zero-order valence-electron chi connectivity index (χ0n) is 15.2. The number of nitrogens with one attached hydrogen (secondary N) is 2. The predicted octanol–water partition coefficient (Wildman–Crippen LogP) is 4.90. The fourth-order valence-electron chi connectivity index (χ4n) is 2.44. The Bertz CT molecular complexity index is 869. The van der Waals surface area contributed by atoms with Crippen molar-refractivity contribution < 1.29 is 4.79 Å². The minimum atomic E-state index is -0.283. The second-order valence-corrected chi connectivity index (χ2v) is 6.51. The first-order chi connectivity index (χ1) is 12.5. The Hall–Kier alpha value is -3.21. The molecular formula is C21H22N4O. The average Bonchev–Trinajstić information content (AvgIpc) is 2.64. The summed E-state index contributed by atoms with van der Waals surface area (Å²) in [5.74, 6) is 0.804. The number of hydrogen-bond donors (Lipinski definition) is 2. The molecule has 0 aliphatic heterocycles. The number of anilines is 3. The summed E-state index contributed by atoms with van der Waals surface area (Å²) in [4.78, 5) is 20.7. The quantitative estimate of drug-likeness (QED) is 0.689. The van der Waals surface area contributed by atoms with Gasteiger partial charge in [-0.1, -0.05) is 43.7 Å². The molecule has 26 heavy (non-hydrogen) atoms. The summed E-state index contributed by atoms with van der Waals surface area (Å²) >= 11 is 0. The molecule has 2 N–H and O–H groups in total. The number of aromatic nitrogens is 2.